The van der Waals surface area contributed by atoms with E-state index in [2.05, 4.69) is 15.4 Å². The molecule has 0 spiro atoms. The lowest BCUT2D eigenvalue weighted by atomic mass is 10.2. The molecule has 0 saturated heterocycles. The number of sulfonamides is 1. The van der Waals surface area contributed by atoms with Gasteiger partial charge in [0, 0.05) is 17.3 Å². The van der Waals surface area contributed by atoms with E-state index in [0.29, 0.717) is 11.3 Å². The predicted octanol–water partition coefficient (Wildman–Crippen LogP) is 1.83. The number of nitrogens with one attached hydrogen (secondary N) is 3. The van der Waals surface area contributed by atoms with Gasteiger partial charge in [0.05, 0.1) is 25.1 Å². The van der Waals surface area contributed by atoms with Crippen LogP contribution in [-0.2, 0) is 14.8 Å². The van der Waals surface area contributed by atoms with Gasteiger partial charge in [-0.2, -0.15) is 0 Å². The van der Waals surface area contributed by atoms with Crippen molar-refractivity contribution in [3.8, 4) is 5.75 Å². The normalized spacial score (nSPS) is 10.7. The van der Waals surface area contributed by atoms with E-state index >= 15 is 0 Å². The Labute approximate surface area is 158 Å². The summed E-state index contributed by atoms with van der Waals surface area (Å²) < 4.78 is 30.9. The highest BCUT2D eigenvalue weighted by Crippen LogP contribution is 2.28. The molecule has 0 aliphatic heterocycles. The molecule has 2 rings (SSSR count). The number of ether oxygens (including phenoxy) is 1. The molecule has 0 fully saturated rings. The van der Waals surface area contributed by atoms with Crippen LogP contribution in [0.5, 0.6) is 5.75 Å². The van der Waals surface area contributed by atoms with E-state index in [4.69, 9.17) is 4.74 Å². The van der Waals surface area contributed by atoms with E-state index < -0.39 is 15.9 Å². The zero-order chi connectivity index (χ0) is 19.9. The molecule has 0 unspecified atom stereocenters. The third-order valence-electron chi connectivity index (χ3n) is 3.58. The summed E-state index contributed by atoms with van der Waals surface area (Å²) in [4.78, 5) is 24.0. The minimum atomic E-state index is -3.45. The van der Waals surface area contributed by atoms with Gasteiger partial charge in [0.2, 0.25) is 15.9 Å². The highest BCUT2D eigenvalue weighted by Gasteiger charge is 2.13. The van der Waals surface area contributed by atoms with Crippen LogP contribution in [0.1, 0.15) is 17.3 Å². The minimum Gasteiger partial charge on any atom is -0.494 e. The van der Waals surface area contributed by atoms with Crippen molar-refractivity contribution >= 4 is 33.2 Å². The van der Waals surface area contributed by atoms with E-state index in [1.165, 1.54) is 32.2 Å². The first-order valence-corrected chi connectivity index (χ1v) is 9.81. The van der Waals surface area contributed by atoms with Crippen LogP contribution in [0.2, 0.25) is 0 Å². The predicted molar refractivity (Wildman–Crippen MR) is 103 cm³/mol. The van der Waals surface area contributed by atoms with Crippen molar-refractivity contribution in [3.63, 3.8) is 0 Å². The van der Waals surface area contributed by atoms with Crippen molar-refractivity contribution in [2.45, 2.75) is 6.92 Å². The second kappa shape index (κ2) is 9.04. The summed E-state index contributed by atoms with van der Waals surface area (Å²) in [5.74, 6) is -0.593. The Morgan fingerprint density at radius 1 is 1.07 bits per heavy atom. The molecule has 0 aromatic heterocycles. The molecule has 0 saturated carbocycles. The number of benzene rings is 2. The van der Waals surface area contributed by atoms with Crippen molar-refractivity contribution < 1.29 is 22.7 Å². The van der Waals surface area contributed by atoms with Gasteiger partial charge in [-0.05, 0) is 31.2 Å². The molecule has 0 aliphatic rings. The van der Waals surface area contributed by atoms with Crippen LogP contribution in [0.15, 0.2) is 48.5 Å². The maximum absolute atomic E-state index is 12.0. The number of carbonyl (C=O) groups is 2. The lowest BCUT2D eigenvalue weighted by molar-refractivity contribution is -0.115. The smallest absolute Gasteiger partial charge is 0.251 e. The van der Waals surface area contributed by atoms with Crippen LogP contribution in [0.25, 0.3) is 0 Å². The summed E-state index contributed by atoms with van der Waals surface area (Å²) in [6.07, 6.45) is 0. The highest BCUT2D eigenvalue weighted by atomic mass is 32.2. The third kappa shape index (κ3) is 6.00. The maximum Gasteiger partial charge on any atom is 0.251 e. The first kappa shape index (κ1) is 20.2. The lowest BCUT2D eigenvalue weighted by Crippen LogP contribution is -2.32. The lowest BCUT2D eigenvalue weighted by Gasteiger charge is -2.13. The van der Waals surface area contributed by atoms with Gasteiger partial charge in [0.1, 0.15) is 5.75 Å². The molecular formula is C18H21N3O5S. The second-order valence-electron chi connectivity index (χ2n) is 5.52. The molecule has 0 radical (unpaired) electrons. The van der Waals surface area contributed by atoms with Crippen LogP contribution in [-0.4, -0.2) is 39.6 Å². The largest absolute Gasteiger partial charge is 0.494 e. The summed E-state index contributed by atoms with van der Waals surface area (Å²) in [6.45, 7) is 1.31. The maximum atomic E-state index is 12.0. The molecule has 2 aromatic carbocycles. The number of carbonyl (C=O) groups excluding carboxylic acids is 2. The summed E-state index contributed by atoms with van der Waals surface area (Å²) >= 11 is 0. The Morgan fingerprint density at radius 2 is 1.78 bits per heavy atom. The van der Waals surface area contributed by atoms with E-state index in [1.807, 2.05) is 0 Å². The van der Waals surface area contributed by atoms with Gasteiger partial charge in [-0.3, -0.25) is 14.3 Å². The summed E-state index contributed by atoms with van der Waals surface area (Å²) in [5.41, 5.74) is 1.14. The zero-order valence-corrected chi connectivity index (χ0v) is 15.8. The number of hydrogen-bond donors (Lipinski definition) is 3. The summed E-state index contributed by atoms with van der Waals surface area (Å²) in [6, 6.07) is 13.1. The van der Waals surface area contributed by atoms with Crippen molar-refractivity contribution in [1.82, 2.24) is 5.32 Å². The van der Waals surface area contributed by atoms with Gasteiger partial charge in [0.25, 0.3) is 5.91 Å². The highest BCUT2D eigenvalue weighted by molar-refractivity contribution is 7.92. The van der Waals surface area contributed by atoms with Crippen LogP contribution >= 0.6 is 0 Å². The van der Waals surface area contributed by atoms with Gasteiger partial charge < -0.3 is 15.4 Å². The van der Waals surface area contributed by atoms with E-state index in [0.717, 1.165) is 0 Å². The Bertz CT molecular complexity index is 914. The fraction of sp³-hybridized carbons (Fsp3) is 0.222. The van der Waals surface area contributed by atoms with Crippen molar-refractivity contribution in [3.05, 3.63) is 54.1 Å². The monoisotopic (exact) mass is 391 g/mol. The topological polar surface area (TPSA) is 114 Å². The second-order valence-corrected chi connectivity index (χ2v) is 7.53. The summed E-state index contributed by atoms with van der Waals surface area (Å²) in [5, 5.41) is 5.14. The molecule has 3 N–H and O–H groups in total. The average molecular weight is 391 g/mol. The minimum absolute atomic E-state index is 0.0737. The molecule has 0 atom stereocenters. The van der Waals surface area contributed by atoms with E-state index in [1.54, 1.807) is 30.3 Å². The fourth-order valence-corrected chi connectivity index (χ4v) is 2.80. The van der Waals surface area contributed by atoms with Gasteiger partial charge in [-0.25, -0.2) is 8.42 Å². The molecule has 2 aromatic rings. The summed E-state index contributed by atoms with van der Waals surface area (Å²) in [7, 11) is -2.06. The number of methoxy groups -OCH3 is 1. The van der Waals surface area contributed by atoms with Crippen LogP contribution in [0.4, 0.5) is 11.4 Å². The van der Waals surface area contributed by atoms with Crippen molar-refractivity contribution in [1.29, 1.82) is 0 Å². The Kier molecular flexibility index (Phi) is 6.78. The quantitative estimate of drug-likeness (QED) is 0.635. The first-order chi connectivity index (χ1) is 12.8. The molecular weight excluding hydrogens is 370 g/mol. The molecule has 0 aliphatic carbocycles. The molecule has 9 heteroatoms. The van der Waals surface area contributed by atoms with Crippen LogP contribution in [0, 0.1) is 0 Å². The molecule has 27 heavy (non-hydrogen) atoms. The fourth-order valence-electron chi connectivity index (χ4n) is 2.15. The van der Waals surface area contributed by atoms with Gasteiger partial charge >= 0.3 is 0 Å². The molecule has 0 bridgehead atoms. The number of anilines is 2. The zero-order valence-electron chi connectivity index (χ0n) is 15.0. The average Bonchev–Trinajstić information content (AvgIpc) is 2.67. The van der Waals surface area contributed by atoms with Gasteiger partial charge in [-0.15, -0.1) is 0 Å². The van der Waals surface area contributed by atoms with Crippen molar-refractivity contribution in [2.75, 3.05) is 29.4 Å². The Hall–Kier alpha value is -3.07. The Morgan fingerprint density at radius 3 is 2.41 bits per heavy atom. The number of rotatable bonds is 8. The standard InChI is InChI=1S/C18H21N3O5S/c1-3-27(24,25)21-15-10-9-14(11-16(15)26-2)20-17(22)12-19-18(23)13-7-5-4-6-8-13/h4-11,21H,3,12H2,1-2H3,(H,19,23)(H,20,22). The van der Waals surface area contributed by atoms with E-state index in [-0.39, 0.29) is 29.6 Å². The number of hydrogen-bond acceptors (Lipinski definition) is 5. The van der Waals surface area contributed by atoms with Crippen molar-refractivity contribution in [2.24, 2.45) is 0 Å². The molecule has 144 valence electrons. The van der Waals surface area contributed by atoms with Crippen LogP contribution < -0.4 is 20.1 Å². The van der Waals surface area contributed by atoms with Gasteiger partial charge in [-0.1, -0.05) is 18.2 Å². The van der Waals surface area contributed by atoms with E-state index in [9.17, 15) is 18.0 Å². The van der Waals surface area contributed by atoms with Crippen LogP contribution in [0.3, 0.4) is 0 Å². The molecule has 0 heterocycles. The number of amides is 2. The molecule has 2 amide bonds. The molecule has 8 nitrogen and oxygen atoms in total. The third-order valence-corrected chi connectivity index (χ3v) is 4.87. The SMILES string of the molecule is CCS(=O)(=O)Nc1ccc(NC(=O)CNC(=O)c2ccccc2)cc1OC. The van der Waals surface area contributed by atoms with Gasteiger partial charge in [0.15, 0.2) is 0 Å². The Balaban J connectivity index is 1.98. The first-order valence-electron chi connectivity index (χ1n) is 8.16.